The van der Waals surface area contributed by atoms with Gasteiger partial charge >= 0.3 is 12.1 Å². The maximum absolute atomic E-state index is 11.9. The van der Waals surface area contributed by atoms with E-state index in [1.165, 1.54) is 12.1 Å². The molecule has 0 spiro atoms. The molecule has 0 amide bonds. The monoisotopic (exact) mass is 218 g/mol. The number of ether oxygens (including phenoxy) is 1. The topological polar surface area (TPSA) is 26.3 Å². The molecule has 1 rings (SSSR count). The van der Waals surface area contributed by atoms with Crippen molar-refractivity contribution >= 4 is 5.97 Å². The van der Waals surface area contributed by atoms with Crippen molar-refractivity contribution in [2.45, 2.75) is 20.0 Å². The molecule has 0 aliphatic rings. The zero-order valence-corrected chi connectivity index (χ0v) is 8.18. The number of halogens is 3. The van der Waals surface area contributed by atoms with E-state index >= 15 is 0 Å². The minimum Gasteiger partial charge on any atom is -0.420 e. The minimum atomic E-state index is -4.96. The van der Waals surface area contributed by atoms with Gasteiger partial charge in [0.25, 0.3) is 0 Å². The second-order valence-corrected chi connectivity index (χ2v) is 3.09. The van der Waals surface area contributed by atoms with Crippen LogP contribution in [0.25, 0.3) is 0 Å². The second-order valence-electron chi connectivity index (χ2n) is 3.09. The van der Waals surface area contributed by atoms with Crippen LogP contribution in [0.4, 0.5) is 13.2 Å². The van der Waals surface area contributed by atoms with Gasteiger partial charge in [-0.05, 0) is 31.0 Å². The molecule has 82 valence electrons. The van der Waals surface area contributed by atoms with Crippen LogP contribution in [0.15, 0.2) is 18.2 Å². The normalized spacial score (nSPS) is 11.3. The zero-order chi connectivity index (χ0) is 11.6. The fraction of sp³-hybridized carbons (Fsp3) is 0.300. The van der Waals surface area contributed by atoms with Crippen molar-refractivity contribution in [3.8, 4) is 5.75 Å². The van der Waals surface area contributed by atoms with Crippen molar-refractivity contribution in [2.24, 2.45) is 0 Å². The molecule has 0 unspecified atom stereocenters. The lowest BCUT2D eigenvalue weighted by Gasteiger charge is -2.10. The Bertz CT molecular complexity index is 383. The first-order chi connectivity index (χ1) is 6.82. The summed E-state index contributed by atoms with van der Waals surface area (Å²) in [6.45, 7) is 3.31. The van der Waals surface area contributed by atoms with Gasteiger partial charge in [-0.2, -0.15) is 13.2 Å². The molecule has 0 N–H and O–H groups in total. The van der Waals surface area contributed by atoms with Gasteiger partial charge in [0.05, 0.1) is 0 Å². The molecule has 5 heteroatoms. The number of rotatable bonds is 1. The van der Waals surface area contributed by atoms with Crippen LogP contribution in [0, 0.1) is 13.8 Å². The molecule has 0 radical (unpaired) electrons. The molecule has 15 heavy (non-hydrogen) atoms. The third-order valence-corrected chi connectivity index (χ3v) is 1.99. The van der Waals surface area contributed by atoms with Gasteiger partial charge in [0.15, 0.2) is 0 Å². The van der Waals surface area contributed by atoms with E-state index in [0.29, 0.717) is 5.56 Å². The fourth-order valence-corrected chi connectivity index (χ4v) is 0.992. The molecule has 0 aromatic heterocycles. The van der Waals surface area contributed by atoms with Crippen molar-refractivity contribution in [1.82, 2.24) is 0 Å². The molecule has 1 aromatic carbocycles. The SMILES string of the molecule is Cc1cccc(OC(=O)C(F)(F)F)c1C. The highest BCUT2D eigenvalue weighted by atomic mass is 19.4. The Morgan fingerprint density at radius 3 is 2.40 bits per heavy atom. The number of aryl methyl sites for hydroxylation is 1. The summed E-state index contributed by atoms with van der Waals surface area (Å²) in [6.07, 6.45) is -4.96. The Labute approximate surface area is 84.7 Å². The van der Waals surface area contributed by atoms with E-state index in [1.807, 2.05) is 0 Å². The third-order valence-electron chi connectivity index (χ3n) is 1.99. The smallest absolute Gasteiger partial charge is 0.420 e. The van der Waals surface area contributed by atoms with Crippen LogP contribution < -0.4 is 4.74 Å². The predicted octanol–water partition coefficient (Wildman–Crippen LogP) is 2.77. The maximum Gasteiger partial charge on any atom is 0.491 e. The van der Waals surface area contributed by atoms with Gasteiger partial charge in [0.2, 0.25) is 0 Å². The number of hydrogen-bond donors (Lipinski definition) is 0. The van der Waals surface area contributed by atoms with Crippen LogP contribution in [0.3, 0.4) is 0 Å². The highest BCUT2D eigenvalue weighted by Gasteiger charge is 2.41. The van der Waals surface area contributed by atoms with Crippen molar-refractivity contribution in [3.05, 3.63) is 29.3 Å². The van der Waals surface area contributed by atoms with E-state index in [2.05, 4.69) is 4.74 Å². The Kier molecular flexibility index (Phi) is 3.02. The van der Waals surface area contributed by atoms with E-state index in [-0.39, 0.29) is 5.75 Å². The van der Waals surface area contributed by atoms with Gasteiger partial charge in [-0.1, -0.05) is 12.1 Å². The molecular weight excluding hydrogens is 209 g/mol. The van der Waals surface area contributed by atoms with Gasteiger partial charge in [0.1, 0.15) is 5.75 Å². The third kappa shape index (κ3) is 2.71. The standard InChI is InChI=1S/C10H9F3O2/c1-6-4-3-5-8(7(6)2)15-9(14)10(11,12)13/h3-5H,1-2H3. The summed E-state index contributed by atoms with van der Waals surface area (Å²) in [7, 11) is 0. The van der Waals surface area contributed by atoms with Crippen LogP contribution in [-0.2, 0) is 4.79 Å². The molecule has 0 heterocycles. The van der Waals surface area contributed by atoms with Crippen molar-refractivity contribution < 1.29 is 22.7 Å². The molecule has 0 saturated carbocycles. The first kappa shape index (κ1) is 11.6. The number of esters is 1. The van der Waals surface area contributed by atoms with Crippen molar-refractivity contribution in [3.63, 3.8) is 0 Å². The van der Waals surface area contributed by atoms with Crippen LogP contribution in [-0.4, -0.2) is 12.1 Å². The number of benzene rings is 1. The average Bonchev–Trinajstić information content (AvgIpc) is 2.11. The highest BCUT2D eigenvalue weighted by Crippen LogP contribution is 2.24. The zero-order valence-electron chi connectivity index (χ0n) is 8.18. The quantitative estimate of drug-likeness (QED) is 0.535. The van der Waals surface area contributed by atoms with Crippen molar-refractivity contribution in [2.75, 3.05) is 0 Å². The number of carbonyl (C=O) groups is 1. The van der Waals surface area contributed by atoms with E-state index in [1.54, 1.807) is 19.9 Å². The minimum absolute atomic E-state index is 0.0580. The fourth-order valence-electron chi connectivity index (χ4n) is 0.992. The number of hydrogen-bond acceptors (Lipinski definition) is 2. The number of alkyl halides is 3. The summed E-state index contributed by atoms with van der Waals surface area (Å²) in [4.78, 5) is 10.6. The molecule has 0 fully saturated rings. The lowest BCUT2D eigenvalue weighted by atomic mass is 10.1. The second kappa shape index (κ2) is 3.92. The molecular formula is C10H9F3O2. The molecule has 1 aromatic rings. The predicted molar refractivity (Wildman–Crippen MR) is 47.6 cm³/mol. The first-order valence-electron chi connectivity index (χ1n) is 4.17. The average molecular weight is 218 g/mol. The largest absolute Gasteiger partial charge is 0.491 e. The van der Waals surface area contributed by atoms with Crippen LogP contribution in [0.1, 0.15) is 11.1 Å². The highest BCUT2D eigenvalue weighted by molar-refractivity contribution is 5.78. The van der Waals surface area contributed by atoms with Crippen LogP contribution >= 0.6 is 0 Å². The summed E-state index contributed by atoms with van der Waals surface area (Å²) in [5.41, 5.74) is 1.29. The molecule has 0 aliphatic carbocycles. The molecule has 0 aliphatic heterocycles. The Balaban J connectivity index is 2.91. The summed E-state index contributed by atoms with van der Waals surface area (Å²) in [5, 5.41) is 0. The Morgan fingerprint density at radius 2 is 1.87 bits per heavy atom. The van der Waals surface area contributed by atoms with Crippen molar-refractivity contribution in [1.29, 1.82) is 0 Å². The lowest BCUT2D eigenvalue weighted by Crippen LogP contribution is -2.28. The lowest BCUT2D eigenvalue weighted by molar-refractivity contribution is -0.189. The van der Waals surface area contributed by atoms with E-state index in [9.17, 15) is 18.0 Å². The van der Waals surface area contributed by atoms with Gasteiger partial charge in [-0.3, -0.25) is 0 Å². The maximum atomic E-state index is 11.9. The molecule has 0 bridgehead atoms. The first-order valence-corrected chi connectivity index (χ1v) is 4.17. The molecule has 0 atom stereocenters. The van der Waals surface area contributed by atoms with Gasteiger partial charge in [-0.25, -0.2) is 4.79 Å². The van der Waals surface area contributed by atoms with E-state index in [4.69, 9.17) is 0 Å². The van der Waals surface area contributed by atoms with E-state index in [0.717, 1.165) is 5.56 Å². The molecule has 2 nitrogen and oxygen atoms in total. The molecule has 0 saturated heterocycles. The number of carbonyl (C=O) groups excluding carboxylic acids is 1. The Hall–Kier alpha value is -1.52. The summed E-state index contributed by atoms with van der Waals surface area (Å²) >= 11 is 0. The van der Waals surface area contributed by atoms with Gasteiger partial charge in [0, 0.05) is 0 Å². The van der Waals surface area contributed by atoms with E-state index < -0.39 is 12.1 Å². The summed E-state index contributed by atoms with van der Waals surface area (Å²) < 4.78 is 39.9. The summed E-state index contributed by atoms with van der Waals surface area (Å²) in [6, 6.07) is 4.58. The van der Waals surface area contributed by atoms with Gasteiger partial charge in [-0.15, -0.1) is 0 Å². The summed E-state index contributed by atoms with van der Waals surface area (Å²) in [5.74, 6) is -2.26. The van der Waals surface area contributed by atoms with Crippen LogP contribution in [0.2, 0.25) is 0 Å². The Morgan fingerprint density at radius 1 is 1.27 bits per heavy atom. The van der Waals surface area contributed by atoms with Gasteiger partial charge < -0.3 is 4.74 Å². The van der Waals surface area contributed by atoms with Crippen LogP contribution in [0.5, 0.6) is 5.75 Å².